The molecule has 0 aromatic carbocycles. The van der Waals surface area contributed by atoms with Gasteiger partial charge in [-0.25, -0.2) is 0 Å². The zero-order valence-corrected chi connectivity index (χ0v) is 19.0. The van der Waals surface area contributed by atoms with Crippen LogP contribution in [0.5, 0.6) is 0 Å². The molecule has 1 atom stereocenters. The molecular formula is C23H48O3. The Morgan fingerprint density at radius 2 is 1.27 bits per heavy atom. The van der Waals surface area contributed by atoms with E-state index in [4.69, 9.17) is 14.2 Å². The first-order valence-corrected chi connectivity index (χ1v) is 10.9. The Labute approximate surface area is 164 Å². The minimum absolute atomic E-state index is 0.340. The van der Waals surface area contributed by atoms with Gasteiger partial charge < -0.3 is 14.2 Å². The Balaban J connectivity index is 0. The maximum atomic E-state index is 6.18. The fraction of sp³-hybridized carbons (Fsp3) is 0.913. The van der Waals surface area contributed by atoms with Crippen molar-refractivity contribution in [2.75, 3.05) is 20.3 Å². The molecule has 0 spiro atoms. The van der Waals surface area contributed by atoms with E-state index < -0.39 is 5.79 Å². The van der Waals surface area contributed by atoms with E-state index in [2.05, 4.69) is 27.4 Å². The Morgan fingerprint density at radius 3 is 1.65 bits per heavy atom. The second kappa shape index (κ2) is 18.0. The summed E-state index contributed by atoms with van der Waals surface area (Å²) in [5.74, 6) is -0.620. The minimum atomic E-state index is -0.620. The van der Waals surface area contributed by atoms with Crippen LogP contribution < -0.4 is 0 Å². The van der Waals surface area contributed by atoms with Crippen LogP contribution >= 0.6 is 0 Å². The maximum Gasteiger partial charge on any atom is 0.197 e. The lowest BCUT2D eigenvalue weighted by Crippen LogP contribution is -2.58. The van der Waals surface area contributed by atoms with Crippen LogP contribution in [0, 0.1) is 0 Å². The highest BCUT2D eigenvalue weighted by Crippen LogP contribution is 2.41. The molecule has 0 rings (SSSR count). The third kappa shape index (κ3) is 9.53. The zero-order valence-electron chi connectivity index (χ0n) is 19.0. The lowest BCUT2D eigenvalue weighted by Gasteiger charge is -2.48. The summed E-state index contributed by atoms with van der Waals surface area (Å²) in [5.41, 5.74) is -0.340. The van der Waals surface area contributed by atoms with Crippen molar-refractivity contribution in [2.45, 2.75) is 117 Å². The largest absolute Gasteiger partial charge is 0.373 e. The SMILES string of the molecule is C=CC.CCCCCCCCC(CCC)(OC)C(CC)(OCC)OCC. The summed E-state index contributed by atoms with van der Waals surface area (Å²) >= 11 is 0. The van der Waals surface area contributed by atoms with Crippen LogP contribution in [0.1, 0.15) is 106 Å². The van der Waals surface area contributed by atoms with Crippen molar-refractivity contribution in [1.29, 1.82) is 0 Å². The van der Waals surface area contributed by atoms with Crippen molar-refractivity contribution in [3.05, 3.63) is 12.7 Å². The van der Waals surface area contributed by atoms with Crippen LogP contribution in [0.2, 0.25) is 0 Å². The summed E-state index contributed by atoms with van der Waals surface area (Å²) in [6, 6.07) is 0. The molecule has 0 bridgehead atoms. The van der Waals surface area contributed by atoms with Gasteiger partial charge in [0.15, 0.2) is 5.79 Å². The maximum absolute atomic E-state index is 6.18. The first-order chi connectivity index (χ1) is 12.5. The molecule has 0 aliphatic heterocycles. The van der Waals surface area contributed by atoms with Gasteiger partial charge in [0.2, 0.25) is 0 Å². The second-order valence-corrected chi connectivity index (χ2v) is 6.85. The lowest BCUT2D eigenvalue weighted by molar-refractivity contribution is -0.330. The number of ether oxygens (including phenoxy) is 3. The summed E-state index contributed by atoms with van der Waals surface area (Å²) in [6.07, 6.45) is 13.4. The first kappa shape index (κ1) is 27.8. The molecule has 0 aliphatic carbocycles. The summed E-state index contributed by atoms with van der Waals surface area (Å²) in [6.45, 7) is 17.3. The van der Waals surface area contributed by atoms with Crippen LogP contribution in [0.4, 0.5) is 0 Å². The van der Waals surface area contributed by atoms with Crippen molar-refractivity contribution in [1.82, 2.24) is 0 Å². The lowest BCUT2D eigenvalue weighted by atomic mass is 9.81. The van der Waals surface area contributed by atoms with E-state index in [0.29, 0.717) is 13.2 Å². The smallest absolute Gasteiger partial charge is 0.197 e. The van der Waals surface area contributed by atoms with Crippen molar-refractivity contribution in [3.63, 3.8) is 0 Å². The zero-order chi connectivity index (χ0) is 20.3. The standard InChI is InChI=1S/C20H42O3.C3H6/c1-7-12-13-14-15-16-18-19(21-6,17-8-2)20(9-3,22-10-4)23-11-5;1-3-2/h7-18H2,1-6H3;3H,1H2,2H3. The molecule has 0 amide bonds. The van der Waals surface area contributed by atoms with Crippen LogP contribution in [0.15, 0.2) is 12.7 Å². The van der Waals surface area contributed by atoms with Crippen molar-refractivity contribution < 1.29 is 14.2 Å². The topological polar surface area (TPSA) is 27.7 Å². The Bertz CT molecular complexity index is 298. The number of hydrogen-bond acceptors (Lipinski definition) is 3. The molecular weight excluding hydrogens is 324 g/mol. The van der Waals surface area contributed by atoms with Crippen molar-refractivity contribution >= 4 is 0 Å². The van der Waals surface area contributed by atoms with Gasteiger partial charge in [0.25, 0.3) is 0 Å². The van der Waals surface area contributed by atoms with Gasteiger partial charge in [0, 0.05) is 26.7 Å². The van der Waals surface area contributed by atoms with Crippen LogP contribution in [-0.4, -0.2) is 31.7 Å². The molecule has 0 saturated heterocycles. The molecule has 0 aliphatic rings. The van der Waals surface area contributed by atoms with E-state index in [1.165, 1.54) is 38.5 Å². The van der Waals surface area contributed by atoms with Gasteiger partial charge in [-0.1, -0.05) is 71.8 Å². The Morgan fingerprint density at radius 1 is 0.769 bits per heavy atom. The third-order valence-corrected chi connectivity index (χ3v) is 4.89. The summed E-state index contributed by atoms with van der Waals surface area (Å²) in [4.78, 5) is 0. The normalized spacial score (nSPS) is 13.7. The number of methoxy groups -OCH3 is 1. The van der Waals surface area contributed by atoms with E-state index in [1.54, 1.807) is 6.08 Å². The monoisotopic (exact) mass is 372 g/mol. The van der Waals surface area contributed by atoms with E-state index in [-0.39, 0.29) is 5.60 Å². The third-order valence-electron chi connectivity index (χ3n) is 4.89. The van der Waals surface area contributed by atoms with Crippen LogP contribution in [-0.2, 0) is 14.2 Å². The fourth-order valence-electron chi connectivity index (χ4n) is 3.76. The molecule has 3 nitrogen and oxygen atoms in total. The number of hydrogen-bond donors (Lipinski definition) is 0. The van der Waals surface area contributed by atoms with Gasteiger partial charge in [0.05, 0.1) is 0 Å². The van der Waals surface area contributed by atoms with Gasteiger partial charge in [-0.2, -0.15) is 0 Å². The molecule has 0 saturated carbocycles. The average molecular weight is 373 g/mol. The number of rotatable bonds is 16. The number of unbranched alkanes of at least 4 members (excludes halogenated alkanes) is 5. The second-order valence-electron chi connectivity index (χ2n) is 6.85. The highest BCUT2D eigenvalue weighted by Gasteiger charge is 2.51. The highest BCUT2D eigenvalue weighted by molar-refractivity contribution is 4.96. The summed E-state index contributed by atoms with van der Waals surface area (Å²) in [7, 11) is 1.83. The summed E-state index contributed by atoms with van der Waals surface area (Å²) in [5, 5.41) is 0. The van der Waals surface area contributed by atoms with Gasteiger partial charge >= 0.3 is 0 Å². The molecule has 26 heavy (non-hydrogen) atoms. The van der Waals surface area contributed by atoms with Crippen LogP contribution in [0.3, 0.4) is 0 Å². The fourth-order valence-corrected chi connectivity index (χ4v) is 3.76. The quantitative estimate of drug-likeness (QED) is 0.162. The summed E-state index contributed by atoms with van der Waals surface area (Å²) < 4.78 is 18.5. The predicted octanol–water partition coefficient (Wildman–Crippen LogP) is 7.29. The molecule has 0 radical (unpaired) electrons. The predicted molar refractivity (Wildman–Crippen MR) is 115 cm³/mol. The molecule has 1 unspecified atom stereocenters. The molecule has 3 heteroatoms. The molecule has 0 heterocycles. The van der Waals surface area contributed by atoms with Gasteiger partial charge in [0.1, 0.15) is 5.60 Å². The van der Waals surface area contributed by atoms with Gasteiger partial charge in [-0.3, -0.25) is 0 Å². The molecule has 0 aromatic rings. The van der Waals surface area contributed by atoms with E-state index in [1.807, 2.05) is 27.9 Å². The van der Waals surface area contributed by atoms with Crippen molar-refractivity contribution in [2.24, 2.45) is 0 Å². The average Bonchev–Trinajstić information content (AvgIpc) is 2.64. The molecule has 0 N–H and O–H groups in total. The first-order valence-electron chi connectivity index (χ1n) is 10.9. The number of allylic oxidation sites excluding steroid dienone is 1. The van der Waals surface area contributed by atoms with Gasteiger partial charge in [-0.15, -0.1) is 6.58 Å². The molecule has 158 valence electrons. The highest BCUT2D eigenvalue weighted by atomic mass is 16.7. The molecule has 0 fully saturated rings. The van der Waals surface area contributed by atoms with Gasteiger partial charge in [-0.05, 0) is 33.6 Å². The van der Waals surface area contributed by atoms with E-state index in [0.717, 1.165) is 25.7 Å². The Kier molecular flexibility index (Phi) is 19.3. The van der Waals surface area contributed by atoms with E-state index >= 15 is 0 Å². The Hall–Kier alpha value is -0.380. The van der Waals surface area contributed by atoms with E-state index in [9.17, 15) is 0 Å². The van der Waals surface area contributed by atoms with Crippen molar-refractivity contribution in [3.8, 4) is 0 Å². The minimum Gasteiger partial charge on any atom is -0.373 e. The molecule has 0 aromatic heterocycles. The van der Waals surface area contributed by atoms with Crippen LogP contribution in [0.25, 0.3) is 0 Å².